The third kappa shape index (κ3) is 2.23. The predicted octanol–water partition coefficient (Wildman–Crippen LogP) is 4.45. The van der Waals surface area contributed by atoms with Gasteiger partial charge in [0, 0.05) is 25.2 Å². The lowest BCUT2D eigenvalue weighted by Crippen LogP contribution is -2.50. The van der Waals surface area contributed by atoms with Crippen molar-refractivity contribution in [3.05, 3.63) is 11.6 Å². The number of esters is 1. The molecule has 0 bridgehead atoms. The van der Waals surface area contributed by atoms with Gasteiger partial charge in [0.1, 0.15) is 11.9 Å². The van der Waals surface area contributed by atoms with E-state index in [1.807, 2.05) is 0 Å². The zero-order valence-corrected chi connectivity index (χ0v) is 15.3. The normalized spacial score (nSPS) is 47.3. The standard InChI is InChI=1S/C21H30O3/c1-13(22)24-15-8-10-20(2)14(12-15)4-5-16-17-6-7-19(23)21(17,3)11-9-18(16)20/h4,15-18H,5-12H2,1-3H3/t15-,16-,17+,18-,20+,21+/m1/s1. The number of hydrogen-bond donors (Lipinski definition) is 0. The summed E-state index contributed by atoms with van der Waals surface area (Å²) in [5.74, 6) is 2.33. The third-order valence-corrected chi connectivity index (χ3v) is 8.10. The van der Waals surface area contributed by atoms with Crippen LogP contribution in [0.1, 0.15) is 72.1 Å². The topological polar surface area (TPSA) is 43.4 Å². The monoisotopic (exact) mass is 330 g/mol. The summed E-state index contributed by atoms with van der Waals surface area (Å²) in [6, 6.07) is 0. The number of ketones is 1. The Morgan fingerprint density at radius 1 is 1.12 bits per heavy atom. The van der Waals surface area contributed by atoms with Crippen LogP contribution in [0, 0.1) is 28.6 Å². The van der Waals surface area contributed by atoms with Gasteiger partial charge in [-0.05, 0) is 61.7 Å². The maximum Gasteiger partial charge on any atom is 0.302 e. The SMILES string of the molecule is CC(=O)O[C@@H]1CC[C@@]2(C)C(=CC[C@H]3[C@H]2CC[C@]2(C)C(=O)CC[C@@H]32)C1. The highest BCUT2D eigenvalue weighted by Gasteiger charge is 2.58. The van der Waals surface area contributed by atoms with Gasteiger partial charge in [0.05, 0.1) is 0 Å². The molecule has 0 N–H and O–H groups in total. The second kappa shape index (κ2) is 5.44. The Labute approximate surface area is 145 Å². The molecule has 4 aliphatic rings. The summed E-state index contributed by atoms with van der Waals surface area (Å²) >= 11 is 0. The van der Waals surface area contributed by atoms with E-state index in [0.717, 1.165) is 44.9 Å². The quantitative estimate of drug-likeness (QED) is 0.527. The third-order valence-electron chi connectivity index (χ3n) is 8.10. The first-order chi connectivity index (χ1) is 11.3. The average Bonchev–Trinajstić information content (AvgIpc) is 2.83. The summed E-state index contributed by atoms with van der Waals surface area (Å²) in [7, 11) is 0. The summed E-state index contributed by atoms with van der Waals surface area (Å²) in [6.45, 7) is 6.19. The smallest absolute Gasteiger partial charge is 0.302 e. The number of fused-ring (bicyclic) bond motifs is 5. The second-order valence-electron chi connectivity index (χ2n) is 9.15. The average molecular weight is 330 g/mol. The van der Waals surface area contributed by atoms with Gasteiger partial charge in [0.2, 0.25) is 0 Å². The van der Waals surface area contributed by atoms with Gasteiger partial charge in [-0.2, -0.15) is 0 Å². The maximum atomic E-state index is 12.4. The molecular formula is C21H30O3. The molecule has 0 saturated heterocycles. The van der Waals surface area contributed by atoms with Gasteiger partial charge in [0.25, 0.3) is 0 Å². The summed E-state index contributed by atoms with van der Waals surface area (Å²) in [4.78, 5) is 23.7. The highest BCUT2D eigenvalue weighted by atomic mass is 16.5. The number of carbonyl (C=O) groups excluding carboxylic acids is 2. The van der Waals surface area contributed by atoms with Crippen LogP contribution >= 0.6 is 0 Å². The van der Waals surface area contributed by atoms with Crippen molar-refractivity contribution >= 4 is 11.8 Å². The van der Waals surface area contributed by atoms with Crippen molar-refractivity contribution in [2.45, 2.75) is 78.2 Å². The van der Waals surface area contributed by atoms with E-state index >= 15 is 0 Å². The van der Waals surface area contributed by atoms with Gasteiger partial charge in [-0.3, -0.25) is 9.59 Å². The Hall–Kier alpha value is -1.12. The molecule has 0 aromatic rings. The van der Waals surface area contributed by atoms with Crippen LogP contribution in [0.5, 0.6) is 0 Å². The van der Waals surface area contributed by atoms with Crippen molar-refractivity contribution in [3.63, 3.8) is 0 Å². The van der Waals surface area contributed by atoms with Crippen LogP contribution in [0.25, 0.3) is 0 Å². The molecule has 0 aromatic heterocycles. The first-order valence-corrected chi connectivity index (χ1v) is 9.74. The number of carbonyl (C=O) groups is 2. The minimum atomic E-state index is -0.157. The molecule has 3 heteroatoms. The van der Waals surface area contributed by atoms with Crippen LogP contribution in [-0.4, -0.2) is 17.9 Å². The van der Waals surface area contributed by atoms with Crippen LogP contribution in [0.3, 0.4) is 0 Å². The van der Waals surface area contributed by atoms with Gasteiger partial charge in [0.15, 0.2) is 0 Å². The molecule has 24 heavy (non-hydrogen) atoms. The number of Topliss-reactive ketones (excluding diaryl/α,β-unsaturated/α-hetero) is 1. The molecule has 3 saturated carbocycles. The largest absolute Gasteiger partial charge is 0.462 e. The van der Waals surface area contributed by atoms with Crippen LogP contribution in [0.4, 0.5) is 0 Å². The minimum absolute atomic E-state index is 0.0438. The molecule has 0 aliphatic heterocycles. The lowest BCUT2D eigenvalue weighted by atomic mass is 9.48. The molecule has 6 atom stereocenters. The molecule has 0 radical (unpaired) electrons. The van der Waals surface area contributed by atoms with Gasteiger partial charge < -0.3 is 4.74 Å². The molecule has 3 nitrogen and oxygen atoms in total. The maximum absolute atomic E-state index is 12.4. The first-order valence-electron chi connectivity index (χ1n) is 9.74. The van der Waals surface area contributed by atoms with Crippen LogP contribution in [-0.2, 0) is 14.3 Å². The molecule has 0 amide bonds. The first kappa shape index (κ1) is 16.4. The Bertz CT molecular complexity index is 606. The van der Waals surface area contributed by atoms with Crippen molar-refractivity contribution < 1.29 is 14.3 Å². The number of allylic oxidation sites excluding steroid dienone is 1. The van der Waals surface area contributed by atoms with E-state index in [-0.39, 0.29) is 22.9 Å². The van der Waals surface area contributed by atoms with E-state index in [1.54, 1.807) is 0 Å². The van der Waals surface area contributed by atoms with E-state index in [9.17, 15) is 9.59 Å². The van der Waals surface area contributed by atoms with Crippen LogP contribution in [0.15, 0.2) is 11.6 Å². The number of rotatable bonds is 1. The zero-order valence-electron chi connectivity index (χ0n) is 15.3. The molecule has 4 aliphatic carbocycles. The van der Waals surface area contributed by atoms with Crippen molar-refractivity contribution in [2.75, 3.05) is 0 Å². The second-order valence-corrected chi connectivity index (χ2v) is 9.15. The zero-order chi connectivity index (χ0) is 17.1. The minimum Gasteiger partial charge on any atom is -0.462 e. The Morgan fingerprint density at radius 2 is 1.83 bits per heavy atom. The van der Waals surface area contributed by atoms with E-state index in [2.05, 4.69) is 19.9 Å². The Balaban J connectivity index is 1.60. The predicted molar refractivity (Wildman–Crippen MR) is 92.3 cm³/mol. The van der Waals surface area contributed by atoms with Gasteiger partial charge in [-0.1, -0.05) is 25.5 Å². The Kier molecular flexibility index (Phi) is 3.71. The van der Waals surface area contributed by atoms with E-state index in [1.165, 1.54) is 18.9 Å². The van der Waals surface area contributed by atoms with Crippen molar-refractivity contribution in [2.24, 2.45) is 28.6 Å². The van der Waals surface area contributed by atoms with E-state index < -0.39 is 0 Å². The fraction of sp³-hybridized carbons (Fsp3) is 0.810. The van der Waals surface area contributed by atoms with Crippen molar-refractivity contribution in [3.8, 4) is 0 Å². The summed E-state index contributed by atoms with van der Waals surface area (Å²) in [6.07, 6.45) is 10.8. The molecule has 0 heterocycles. The van der Waals surface area contributed by atoms with Crippen molar-refractivity contribution in [1.29, 1.82) is 0 Å². The number of hydrogen-bond acceptors (Lipinski definition) is 3. The summed E-state index contributed by atoms with van der Waals surface area (Å²) in [5, 5.41) is 0. The molecule has 132 valence electrons. The summed E-state index contributed by atoms with van der Waals surface area (Å²) < 4.78 is 5.50. The van der Waals surface area contributed by atoms with E-state index in [4.69, 9.17) is 4.74 Å². The lowest BCUT2D eigenvalue weighted by Gasteiger charge is -2.56. The highest BCUT2D eigenvalue weighted by molar-refractivity contribution is 5.87. The molecule has 0 spiro atoms. The molecule has 4 rings (SSSR count). The molecule has 0 unspecified atom stereocenters. The number of ether oxygens (including phenoxy) is 1. The van der Waals surface area contributed by atoms with Gasteiger partial charge in [-0.25, -0.2) is 0 Å². The highest BCUT2D eigenvalue weighted by Crippen LogP contribution is 2.64. The van der Waals surface area contributed by atoms with E-state index in [0.29, 0.717) is 23.5 Å². The Morgan fingerprint density at radius 3 is 2.58 bits per heavy atom. The van der Waals surface area contributed by atoms with Crippen molar-refractivity contribution in [1.82, 2.24) is 0 Å². The molecule has 0 aromatic carbocycles. The van der Waals surface area contributed by atoms with Crippen LogP contribution in [0.2, 0.25) is 0 Å². The van der Waals surface area contributed by atoms with Gasteiger partial charge in [-0.15, -0.1) is 0 Å². The molecule has 3 fully saturated rings. The lowest BCUT2D eigenvalue weighted by molar-refractivity contribution is -0.148. The summed E-state index contributed by atoms with van der Waals surface area (Å²) in [5.41, 5.74) is 1.74. The molecular weight excluding hydrogens is 300 g/mol. The van der Waals surface area contributed by atoms with Gasteiger partial charge >= 0.3 is 5.97 Å². The fourth-order valence-electron chi connectivity index (χ4n) is 6.73. The fourth-order valence-corrected chi connectivity index (χ4v) is 6.73. The van der Waals surface area contributed by atoms with Crippen LogP contribution < -0.4 is 0 Å².